The topological polar surface area (TPSA) is 54.4 Å². The Bertz CT molecular complexity index is 1160. The van der Waals surface area contributed by atoms with Gasteiger partial charge in [-0.1, -0.05) is 23.7 Å². The number of ketones is 1. The van der Waals surface area contributed by atoms with Crippen LogP contribution in [0.5, 0.6) is 0 Å². The van der Waals surface area contributed by atoms with Crippen molar-refractivity contribution in [3.8, 4) is 10.4 Å². The normalized spacial score (nSPS) is 11.0. The first-order valence-electron chi connectivity index (χ1n) is 8.13. The molecule has 3 nitrogen and oxygen atoms in total. The van der Waals surface area contributed by atoms with E-state index in [9.17, 15) is 14.7 Å². The van der Waals surface area contributed by atoms with Crippen LogP contribution in [0.4, 0.5) is 0 Å². The molecule has 2 aromatic heterocycles. The number of benzene rings is 2. The molecule has 4 aromatic rings. The van der Waals surface area contributed by atoms with Crippen molar-refractivity contribution in [2.24, 2.45) is 0 Å². The van der Waals surface area contributed by atoms with Crippen LogP contribution in [0, 0.1) is 0 Å². The van der Waals surface area contributed by atoms with E-state index in [1.54, 1.807) is 47.0 Å². The molecule has 0 aliphatic heterocycles. The maximum absolute atomic E-state index is 12.7. The molecule has 0 bridgehead atoms. The summed E-state index contributed by atoms with van der Waals surface area (Å²) in [7, 11) is 0. The molecular weight excluding hydrogens is 400 g/mol. The molecule has 4 rings (SSSR count). The van der Waals surface area contributed by atoms with Crippen LogP contribution in [0.2, 0.25) is 5.02 Å². The Labute approximate surface area is 168 Å². The summed E-state index contributed by atoms with van der Waals surface area (Å²) in [4.78, 5) is 25.2. The van der Waals surface area contributed by atoms with Gasteiger partial charge in [0.1, 0.15) is 0 Å². The highest BCUT2D eigenvalue weighted by Crippen LogP contribution is 2.34. The van der Waals surface area contributed by atoms with Crippen molar-refractivity contribution in [2.75, 3.05) is 0 Å². The third kappa shape index (κ3) is 3.54. The van der Waals surface area contributed by atoms with Crippen molar-refractivity contribution in [3.63, 3.8) is 0 Å². The van der Waals surface area contributed by atoms with Gasteiger partial charge in [-0.05, 0) is 63.7 Å². The monoisotopic (exact) mass is 412 g/mol. The summed E-state index contributed by atoms with van der Waals surface area (Å²) in [6, 6.07) is 14.6. The lowest BCUT2D eigenvalue weighted by Crippen LogP contribution is -2.07. The first-order chi connectivity index (χ1) is 13.0. The Morgan fingerprint density at radius 3 is 2.52 bits per heavy atom. The van der Waals surface area contributed by atoms with Crippen LogP contribution < -0.4 is 0 Å². The summed E-state index contributed by atoms with van der Waals surface area (Å²) in [6.45, 7) is 0. The number of thiophene rings is 2. The number of halogens is 1. The average molecular weight is 413 g/mol. The second-order valence-electron chi connectivity index (χ2n) is 6.05. The second-order valence-corrected chi connectivity index (χ2v) is 8.31. The Balaban J connectivity index is 1.68. The first-order valence-corrected chi connectivity index (χ1v) is 10.3. The largest absolute Gasteiger partial charge is 0.478 e. The molecule has 2 heterocycles. The number of Topliss-reactive ketones (excluding diaryl/α,β-unsaturated/α-hetero) is 1. The Hall–Kier alpha value is -2.47. The van der Waals surface area contributed by atoms with Crippen molar-refractivity contribution in [3.05, 3.63) is 81.0 Å². The lowest BCUT2D eigenvalue weighted by molar-refractivity contribution is 0.0697. The van der Waals surface area contributed by atoms with Crippen molar-refractivity contribution >= 4 is 56.1 Å². The standard InChI is InChI=1S/C21H13ClO3S2/c22-16-4-1-12(2-5-16)20-19(21(24)25)15(11-27-20)10-17(23)13-3-6-18-14(9-13)7-8-26-18/h1-9,11H,10H2,(H,24,25). The van der Waals surface area contributed by atoms with E-state index in [-0.39, 0.29) is 17.8 Å². The summed E-state index contributed by atoms with van der Waals surface area (Å²) in [5.74, 6) is -1.12. The zero-order valence-electron chi connectivity index (χ0n) is 13.9. The predicted molar refractivity (Wildman–Crippen MR) is 112 cm³/mol. The first kappa shape index (κ1) is 17.9. The Morgan fingerprint density at radius 1 is 1.00 bits per heavy atom. The summed E-state index contributed by atoms with van der Waals surface area (Å²) >= 11 is 8.87. The van der Waals surface area contributed by atoms with Gasteiger partial charge in [0.25, 0.3) is 0 Å². The number of hydrogen-bond donors (Lipinski definition) is 1. The quantitative estimate of drug-likeness (QED) is 0.385. The molecule has 6 heteroatoms. The van der Waals surface area contributed by atoms with E-state index in [4.69, 9.17) is 11.6 Å². The maximum atomic E-state index is 12.7. The summed E-state index contributed by atoms with van der Waals surface area (Å²) in [5.41, 5.74) is 2.09. The molecule has 0 aliphatic rings. The molecule has 0 radical (unpaired) electrons. The minimum atomic E-state index is -1.03. The van der Waals surface area contributed by atoms with Crippen LogP contribution in [-0.4, -0.2) is 16.9 Å². The average Bonchev–Trinajstić information content (AvgIpc) is 3.28. The molecule has 0 unspecified atom stereocenters. The number of carboxylic acids is 1. The molecule has 2 aromatic carbocycles. The third-order valence-electron chi connectivity index (χ3n) is 4.31. The van der Waals surface area contributed by atoms with Crippen molar-refractivity contribution in [2.45, 2.75) is 6.42 Å². The van der Waals surface area contributed by atoms with E-state index in [0.717, 1.165) is 15.6 Å². The van der Waals surface area contributed by atoms with Gasteiger partial charge < -0.3 is 5.11 Å². The molecule has 0 saturated carbocycles. The highest BCUT2D eigenvalue weighted by atomic mass is 35.5. The zero-order chi connectivity index (χ0) is 19.0. The maximum Gasteiger partial charge on any atom is 0.337 e. The van der Waals surface area contributed by atoms with E-state index in [0.29, 0.717) is 21.0 Å². The number of fused-ring (bicyclic) bond motifs is 1. The number of aromatic carboxylic acids is 1. The fraction of sp³-hybridized carbons (Fsp3) is 0.0476. The van der Waals surface area contributed by atoms with Gasteiger partial charge in [0.05, 0.1) is 5.56 Å². The van der Waals surface area contributed by atoms with Gasteiger partial charge in [0.2, 0.25) is 0 Å². The minimum Gasteiger partial charge on any atom is -0.478 e. The van der Waals surface area contributed by atoms with E-state index >= 15 is 0 Å². The highest BCUT2D eigenvalue weighted by molar-refractivity contribution is 7.17. The molecule has 0 atom stereocenters. The van der Waals surface area contributed by atoms with Gasteiger partial charge in [-0.2, -0.15) is 0 Å². The third-order valence-corrected chi connectivity index (χ3v) is 6.54. The SMILES string of the molecule is O=C(Cc1csc(-c2ccc(Cl)cc2)c1C(=O)O)c1ccc2sccc2c1. The zero-order valence-corrected chi connectivity index (χ0v) is 16.3. The van der Waals surface area contributed by atoms with Crippen LogP contribution >= 0.6 is 34.3 Å². The lowest BCUT2D eigenvalue weighted by Gasteiger charge is -2.05. The number of carbonyl (C=O) groups excluding carboxylic acids is 1. The van der Waals surface area contributed by atoms with Crippen LogP contribution in [0.25, 0.3) is 20.5 Å². The molecule has 27 heavy (non-hydrogen) atoms. The van der Waals surface area contributed by atoms with Gasteiger partial charge in [0, 0.05) is 26.6 Å². The number of hydrogen-bond acceptors (Lipinski definition) is 4. The predicted octanol–water partition coefficient (Wildman–Crippen LogP) is 6.41. The fourth-order valence-electron chi connectivity index (χ4n) is 2.99. The van der Waals surface area contributed by atoms with Gasteiger partial charge in [-0.15, -0.1) is 22.7 Å². The molecule has 0 saturated heterocycles. The smallest absolute Gasteiger partial charge is 0.337 e. The second kappa shape index (κ2) is 7.27. The van der Waals surface area contributed by atoms with Gasteiger partial charge >= 0.3 is 5.97 Å². The molecule has 0 aliphatic carbocycles. The van der Waals surface area contributed by atoms with Crippen molar-refractivity contribution in [1.82, 2.24) is 0 Å². The van der Waals surface area contributed by atoms with E-state index in [1.165, 1.54) is 11.3 Å². The molecule has 0 spiro atoms. The summed E-state index contributed by atoms with van der Waals surface area (Å²) in [5, 5.41) is 15.1. The van der Waals surface area contributed by atoms with Crippen LogP contribution in [0.15, 0.2) is 59.3 Å². The highest BCUT2D eigenvalue weighted by Gasteiger charge is 2.21. The molecule has 1 N–H and O–H groups in total. The van der Waals surface area contributed by atoms with Crippen LogP contribution in [-0.2, 0) is 6.42 Å². The molecule has 0 amide bonds. The summed E-state index contributed by atoms with van der Waals surface area (Å²) < 4.78 is 1.12. The number of carboxylic acid groups (broad SMARTS) is 1. The van der Waals surface area contributed by atoms with E-state index < -0.39 is 5.97 Å². The van der Waals surface area contributed by atoms with Crippen LogP contribution in [0.3, 0.4) is 0 Å². The molecular formula is C21H13ClO3S2. The molecule has 134 valence electrons. The van der Waals surface area contributed by atoms with Gasteiger partial charge in [0.15, 0.2) is 5.78 Å². The number of carbonyl (C=O) groups is 2. The lowest BCUT2D eigenvalue weighted by atomic mass is 9.99. The van der Waals surface area contributed by atoms with Crippen molar-refractivity contribution < 1.29 is 14.7 Å². The van der Waals surface area contributed by atoms with E-state index in [1.807, 2.05) is 23.6 Å². The van der Waals surface area contributed by atoms with Crippen molar-refractivity contribution in [1.29, 1.82) is 0 Å². The van der Waals surface area contributed by atoms with E-state index in [2.05, 4.69) is 0 Å². The summed E-state index contributed by atoms with van der Waals surface area (Å²) in [6.07, 6.45) is 0.0569. The Kier molecular flexibility index (Phi) is 4.83. The van der Waals surface area contributed by atoms with Crippen LogP contribution in [0.1, 0.15) is 26.3 Å². The fourth-order valence-corrected chi connectivity index (χ4v) is 4.95. The van der Waals surface area contributed by atoms with Gasteiger partial charge in [-0.25, -0.2) is 4.79 Å². The molecule has 0 fully saturated rings. The minimum absolute atomic E-state index is 0.0569. The van der Waals surface area contributed by atoms with Gasteiger partial charge in [-0.3, -0.25) is 4.79 Å². The Morgan fingerprint density at radius 2 is 1.78 bits per heavy atom. The number of rotatable bonds is 5.